The van der Waals surface area contributed by atoms with Crippen molar-refractivity contribution < 1.29 is 5.11 Å². The second-order valence-corrected chi connectivity index (χ2v) is 5.24. The van der Waals surface area contributed by atoms with E-state index in [9.17, 15) is 0 Å². The van der Waals surface area contributed by atoms with Crippen molar-refractivity contribution in [2.45, 2.75) is 24.1 Å². The molecule has 15 heavy (non-hydrogen) atoms. The molecule has 0 radical (unpaired) electrons. The topological polar surface area (TPSA) is 46.2 Å². The maximum absolute atomic E-state index is 8.82. The predicted octanol–water partition coefficient (Wildman–Crippen LogP) is 1.73. The Morgan fingerprint density at radius 2 is 2.20 bits per heavy atom. The fourth-order valence-electron chi connectivity index (χ4n) is 2.16. The van der Waals surface area contributed by atoms with E-state index < -0.39 is 0 Å². The zero-order valence-electron chi connectivity index (χ0n) is 8.73. The van der Waals surface area contributed by atoms with Crippen molar-refractivity contribution >= 4 is 11.8 Å². The van der Waals surface area contributed by atoms with E-state index >= 15 is 0 Å². The molecule has 0 saturated carbocycles. The normalized spacial score (nSPS) is 24.9. The first-order valence-electron chi connectivity index (χ1n) is 5.39. The lowest BCUT2D eigenvalue weighted by molar-refractivity contribution is 0.322. The van der Waals surface area contributed by atoms with Gasteiger partial charge in [-0.25, -0.2) is 0 Å². The largest absolute Gasteiger partial charge is 0.396 e. The number of aliphatic hydroxyl groups excluding tert-OH is 1. The number of aliphatic hydroxyl groups is 1. The molecular formula is C12H17NOS. The average Bonchev–Trinajstić information content (AvgIpc) is 2.29. The molecule has 1 aromatic rings. The van der Waals surface area contributed by atoms with Crippen LogP contribution in [0.25, 0.3) is 0 Å². The van der Waals surface area contributed by atoms with E-state index in [0.29, 0.717) is 5.25 Å². The second-order valence-electron chi connectivity index (χ2n) is 3.90. The molecule has 1 aliphatic rings. The number of rotatable bonds is 3. The molecule has 0 saturated heterocycles. The molecule has 2 unspecified atom stereocenters. The highest BCUT2D eigenvalue weighted by atomic mass is 32.2. The van der Waals surface area contributed by atoms with Gasteiger partial charge in [0.2, 0.25) is 0 Å². The smallest absolute Gasteiger partial charge is 0.0521 e. The molecule has 0 fully saturated rings. The minimum Gasteiger partial charge on any atom is -0.396 e. The van der Waals surface area contributed by atoms with Crippen LogP contribution < -0.4 is 5.73 Å². The molecule has 3 heteroatoms. The number of hydrogen-bond donors (Lipinski definition) is 2. The third kappa shape index (κ3) is 2.36. The first kappa shape index (κ1) is 11.0. The second kappa shape index (κ2) is 5.01. The van der Waals surface area contributed by atoms with Crippen LogP contribution in [0.5, 0.6) is 0 Å². The van der Waals surface area contributed by atoms with Crippen molar-refractivity contribution in [2.75, 3.05) is 12.4 Å². The van der Waals surface area contributed by atoms with Crippen LogP contribution in [0.1, 0.15) is 23.6 Å². The summed E-state index contributed by atoms with van der Waals surface area (Å²) in [5.74, 6) is 0.792. The molecule has 2 rings (SSSR count). The summed E-state index contributed by atoms with van der Waals surface area (Å²) in [5.41, 5.74) is 8.91. The van der Waals surface area contributed by atoms with Gasteiger partial charge in [0.15, 0.2) is 0 Å². The Balaban J connectivity index is 2.11. The monoisotopic (exact) mass is 223 g/mol. The summed E-state index contributed by atoms with van der Waals surface area (Å²) in [7, 11) is 0. The van der Waals surface area contributed by atoms with Crippen molar-refractivity contribution in [3.63, 3.8) is 0 Å². The Bertz CT molecular complexity index is 329. The molecule has 0 spiro atoms. The van der Waals surface area contributed by atoms with E-state index in [4.69, 9.17) is 10.8 Å². The minimum absolute atomic E-state index is 0.131. The molecule has 0 aliphatic heterocycles. The molecule has 1 aliphatic carbocycles. The van der Waals surface area contributed by atoms with Gasteiger partial charge in [-0.2, -0.15) is 11.8 Å². The molecule has 0 bridgehead atoms. The van der Waals surface area contributed by atoms with Crippen LogP contribution in [0.4, 0.5) is 0 Å². The number of nitrogens with two attached hydrogens (primary N) is 1. The summed E-state index contributed by atoms with van der Waals surface area (Å²) in [5, 5.41) is 9.28. The first-order valence-corrected chi connectivity index (χ1v) is 6.43. The molecule has 2 atom stereocenters. The van der Waals surface area contributed by atoms with E-state index in [-0.39, 0.29) is 12.6 Å². The van der Waals surface area contributed by atoms with Gasteiger partial charge in [-0.1, -0.05) is 24.3 Å². The zero-order valence-corrected chi connectivity index (χ0v) is 9.54. The molecule has 0 aromatic heterocycles. The zero-order chi connectivity index (χ0) is 10.7. The lowest BCUT2D eigenvalue weighted by atomic mass is 9.88. The predicted molar refractivity (Wildman–Crippen MR) is 65.0 cm³/mol. The van der Waals surface area contributed by atoms with Crippen molar-refractivity contribution in [1.82, 2.24) is 0 Å². The van der Waals surface area contributed by atoms with Gasteiger partial charge in [0.1, 0.15) is 0 Å². The Hall–Kier alpha value is -0.510. The highest BCUT2D eigenvalue weighted by Crippen LogP contribution is 2.34. The van der Waals surface area contributed by atoms with Gasteiger partial charge in [-0.3, -0.25) is 0 Å². The summed E-state index contributed by atoms with van der Waals surface area (Å²) in [4.78, 5) is 0. The van der Waals surface area contributed by atoms with Crippen LogP contribution in [-0.2, 0) is 6.42 Å². The number of hydrogen-bond acceptors (Lipinski definition) is 3. The Kier molecular flexibility index (Phi) is 3.67. The molecule has 0 heterocycles. The van der Waals surface area contributed by atoms with Gasteiger partial charge in [-0.05, 0) is 24.0 Å². The average molecular weight is 223 g/mol. The third-order valence-electron chi connectivity index (χ3n) is 2.94. The summed E-state index contributed by atoms with van der Waals surface area (Å²) < 4.78 is 0. The molecule has 0 amide bonds. The minimum atomic E-state index is 0.131. The standard InChI is InChI=1S/C12H17NOS/c13-12-10-4-2-1-3-9(10)5-6-11(12)15-8-7-14/h1-4,11-12,14H,5-8,13H2. The van der Waals surface area contributed by atoms with Crippen LogP contribution in [0.15, 0.2) is 24.3 Å². The first-order chi connectivity index (χ1) is 7.33. The van der Waals surface area contributed by atoms with E-state index in [0.717, 1.165) is 18.6 Å². The third-order valence-corrected chi connectivity index (χ3v) is 4.31. The van der Waals surface area contributed by atoms with Gasteiger partial charge >= 0.3 is 0 Å². The fraction of sp³-hybridized carbons (Fsp3) is 0.500. The highest BCUT2D eigenvalue weighted by molar-refractivity contribution is 7.99. The lowest BCUT2D eigenvalue weighted by Crippen LogP contribution is -2.29. The van der Waals surface area contributed by atoms with E-state index in [1.54, 1.807) is 11.8 Å². The quantitative estimate of drug-likeness (QED) is 0.820. The molecule has 3 N–H and O–H groups in total. The molecule has 1 aromatic carbocycles. The number of thioether (sulfide) groups is 1. The SMILES string of the molecule is NC1c2ccccc2CCC1SCCO. The van der Waals surface area contributed by atoms with E-state index in [1.165, 1.54) is 11.1 Å². The van der Waals surface area contributed by atoms with Crippen LogP contribution in [0.2, 0.25) is 0 Å². The van der Waals surface area contributed by atoms with Crippen LogP contribution >= 0.6 is 11.8 Å². The van der Waals surface area contributed by atoms with Crippen molar-refractivity contribution in [2.24, 2.45) is 5.73 Å². The van der Waals surface area contributed by atoms with Gasteiger partial charge < -0.3 is 10.8 Å². The Morgan fingerprint density at radius 1 is 1.40 bits per heavy atom. The Morgan fingerprint density at radius 3 is 3.00 bits per heavy atom. The molecule has 82 valence electrons. The maximum Gasteiger partial charge on any atom is 0.0521 e. The maximum atomic E-state index is 8.82. The fourth-order valence-corrected chi connectivity index (χ4v) is 3.20. The summed E-state index contributed by atoms with van der Waals surface area (Å²) in [6.07, 6.45) is 2.25. The van der Waals surface area contributed by atoms with Gasteiger partial charge in [0.25, 0.3) is 0 Å². The van der Waals surface area contributed by atoms with E-state index in [2.05, 4.69) is 24.3 Å². The molecular weight excluding hydrogens is 206 g/mol. The highest BCUT2D eigenvalue weighted by Gasteiger charge is 2.26. The number of aryl methyl sites for hydroxylation is 1. The van der Waals surface area contributed by atoms with Crippen molar-refractivity contribution in [1.29, 1.82) is 0 Å². The van der Waals surface area contributed by atoms with Crippen LogP contribution in [-0.4, -0.2) is 22.7 Å². The van der Waals surface area contributed by atoms with Crippen molar-refractivity contribution in [3.8, 4) is 0 Å². The Labute approximate surface area is 94.9 Å². The number of fused-ring (bicyclic) bond motifs is 1. The number of benzene rings is 1. The van der Waals surface area contributed by atoms with Crippen LogP contribution in [0, 0.1) is 0 Å². The van der Waals surface area contributed by atoms with Crippen molar-refractivity contribution in [3.05, 3.63) is 35.4 Å². The summed E-state index contributed by atoms with van der Waals surface area (Å²) in [6, 6.07) is 8.56. The summed E-state index contributed by atoms with van der Waals surface area (Å²) >= 11 is 1.79. The van der Waals surface area contributed by atoms with Crippen LogP contribution in [0.3, 0.4) is 0 Å². The molecule has 2 nitrogen and oxygen atoms in total. The lowest BCUT2D eigenvalue weighted by Gasteiger charge is -2.30. The van der Waals surface area contributed by atoms with Gasteiger partial charge in [0.05, 0.1) is 6.61 Å². The van der Waals surface area contributed by atoms with E-state index in [1.807, 2.05) is 0 Å². The van der Waals surface area contributed by atoms with Gasteiger partial charge in [-0.15, -0.1) is 0 Å². The van der Waals surface area contributed by atoms with Gasteiger partial charge in [0, 0.05) is 17.0 Å². The summed E-state index contributed by atoms with van der Waals surface area (Å²) in [6.45, 7) is 0.246.